The molecule has 0 fully saturated rings. The van der Waals surface area contributed by atoms with Crippen molar-refractivity contribution in [2.75, 3.05) is 10.2 Å². The van der Waals surface area contributed by atoms with Crippen LogP contribution in [0, 0.1) is 0 Å². The van der Waals surface area contributed by atoms with Gasteiger partial charge in [-0.25, -0.2) is 4.79 Å². The molecule has 2 heterocycles. The van der Waals surface area contributed by atoms with Crippen molar-refractivity contribution >= 4 is 58.1 Å². The second-order valence-corrected chi connectivity index (χ2v) is 9.32. The van der Waals surface area contributed by atoms with Crippen LogP contribution in [-0.2, 0) is 28.0 Å². The number of hydrogen-bond donors (Lipinski definition) is 2. The van der Waals surface area contributed by atoms with E-state index in [2.05, 4.69) is 5.32 Å². The zero-order valence-corrected chi connectivity index (χ0v) is 18.9. The second-order valence-electron chi connectivity index (χ2n) is 8.01. The summed E-state index contributed by atoms with van der Waals surface area (Å²) in [6.45, 7) is 0. The summed E-state index contributed by atoms with van der Waals surface area (Å²) < 4.78 is 0. The largest absolute Gasteiger partial charge is 0.480 e. The van der Waals surface area contributed by atoms with Crippen LogP contribution in [0.4, 0.5) is 11.4 Å². The van der Waals surface area contributed by atoms with Crippen molar-refractivity contribution in [3.63, 3.8) is 0 Å². The number of amides is 1. The zero-order chi connectivity index (χ0) is 22.6. The number of hydrogen-bond acceptors (Lipinski definition) is 3. The molecule has 8 heteroatoms. The van der Waals surface area contributed by atoms with Crippen molar-refractivity contribution in [3.8, 4) is 0 Å². The number of nitrogens with zero attached hydrogens (tertiary/aromatic N) is 1. The van der Waals surface area contributed by atoms with Crippen molar-refractivity contribution in [1.82, 2.24) is 0 Å². The Morgan fingerprint density at radius 2 is 1.75 bits per heavy atom. The highest BCUT2D eigenvalue weighted by molar-refractivity contribution is 6.31. The van der Waals surface area contributed by atoms with Gasteiger partial charge >= 0.3 is 5.97 Å². The lowest BCUT2D eigenvalue weighted by molar-refractivity contribution is -0.139. The van der Waals surface area contributed by atoms with Crippen LogP contribution in [-0.4, -0.2) is 23.0 Å². The molecule has 5 nitrogen and oxygen atoms in total. The Labute approximate surface area is 199 Å². The summed E-state index contributed by atoms with van der Waals surface area (Å²) in [5.74, 6) is -1.34. The van der Waals surface area contributed by atoms with Gasteiger partial charge in [0.05, 0.1) is 0 Å². The van der Waals surface area contributed by atoms with Crippen molar-refractivity contribution in [3.05, 3.63) is 92.4 Å². The van der Waals surface area contributed by atoms with Gasteiger partial charge in [-0.2, -0.15) is 0 Å². The monoisotopic (exact) mass is 486 g/mol. The van der Waals surface area contributed by atoms with Crippen LogP contribution in [0.15, 0.2) is 60.7 Å². The lowest BCUT2D eigenvalue weighted by Gasteiger charge is -2.42. The summed E-state index contributed by atoms with van der Waals surface area (Å²) in [7, 11) is 0. The summed E-state index contributed by atoms with van der Waals surface area (Å²) in [5.41, 5.74) is 2.14. The summed E-state index contributed by atoms with van der Waals surface area (Å²) in [6, 6.07) is 16.7. The van der Waals surface area contributed by atoms with E-state index in [-0.39, 0.29) is 18.7 Å². The second kappa shape index (κ2) is 7.69. The van der Waals surface area contributed by atoms with Crippen LogP contribution in [0.25, 0.3) is 0 Å². The molecule has 162 valence electrons. The van der Waals surface area contributed by atoms with Gasteiger partial charge in [-0.3, -0.25) is 4.79 Å². The molecule has 3 aromatic rings. The molecule has 0 radical (unpaired) electrons. The first-order valence-corrected chi connectivity index (χ1v) is 11.1. The van der Waals surface area contributed by atoms with Gasteiger partial charge in [0.15, 0.2) is 5.54 Å². The average Bonchev–Trinajstić information content (AvgIpc) is 3.23. The van der Waals surface area contributed by atoms with Crippen molar-refractivity contribution in [2.45, 2.75) is 24.4 Å². The number of anilines is 2. The van der Waals surface area contributed by atoms with E-state index in [9.17, 15) is 14.7 Å². The fourth-order valence-corrected chi connectivity index (χ4v) is 5.39. The molecule has 2 aliphatic rings. The molecular weight excluding hydrogens is 471 g/mol. The van der Waals surface area contributed by atoms with Crippen LogP contribution in [0.5, 0.6) is 0 Å². The van der Waals surface area contributed by atoms with Gasteiger partial charge in [0.1, 0.15) is 6.04 Å². The van der Waals surface area contributed by atoms with Gasteiger partial charge in [-0.15, -0.1) is 0 Å². The standard InChI is InChI=1S/C24H17Cl3N2O3/c25-15-3-1-2-13(8-15)12-24(18-7-6-16(26)10-19(18)28-23(24)32)29-20-11-17(27)5-4-14(20)9-21(29)22(30)31/h1-8,10-11,21H,9,12H2,(H,28,32)(H,30,31). The topological polar surface area (TPSA) is 69.6 Å². The number of benzene rings is 3. The maximum Gasteiger partial charge on any atom is 0.326 e. The lowest BCUT2D eigenvalue weighted by Crippen LogP contribution is -2.58. The molecule has 0 saturated carbocycles. The number of carboxylic acids is 1. The van der Waals surface area contributed by atoms with Gasteiger partial charge in [-0.1, -0.05) is 59.1 Å². The molecule has 2 aliphatic heterocycles. The van der Waals surface area contributed by atoms with Gasteiger partial charge in [0.25, 0.3) is 5.91 Å². The highest BCUT2D eigenvalue weighted by Crippen LogP contribution is 2.50. The Kier molecular flexibility index (Phi) is 5.08. The van der Waals surface area contributed by atoms with E-state index in [4.69, 9.17) is 34.8 Å². The van der Waals surface area contributed by atoms with Crippen LogP contribution >= 0.6 is 34.8 Å². The fraction of sp³-hybridized carbons (Fsp3) is 0.167. The quantitative estimate of drug-likeness (QED) is 0.506. The predicted octanol–water partition coefficient (Wildman–Crippen LogP) is 5.55. The highest BCUT2D eigenvalue weighted by Gasteiger charge is 2.57. The Morgan fingerprint density at radius 1 is 1.03 bits per heavy atom. The van der Waals surface area contributed by atoms with Crippen molar-refractivity contribution < 1.29 is 14.7 Å². The average molecular weight is 488 g/mol. The molecule has 3 aromatic carbocycles. The normalized spacial score (nSPS) is 21.3. The minimum Gasteiger partial charge on any atom is -0.480 e. The maximum absolute atomic E-state index is 13.7. The molecule has 2 N–H and O–H groups in total. The number of carbonyl (C=O) groups is 2. The highest BCUT2D eigenvalue weighted by atomic mass is 35.5. The molecule has 2 unspecified atom stereocenters. The minimum absolute atomic E-state index is 0.212. The Bertz CT molecular complexity index is 1280. The Balaban J connectivity index is 1.79. The maximum atomic E-state index is 13.7. The molecule has 32 heavy (non-hydrogen) atoms. The van der Waals surface area contributed by atoms with E-state index in [1.807, 2.05) is 18.2 Å². The first kappa shape index (κ1) is 21.1. The van der Waals surface area contributed by atoms with Crippen LogP contribution in [0.1, 0.15) is 16.7 Å². The summed E-state index contributed by atoms with van der Waals surface area (Å²) in [5, 5.41) is 14.5. The number of nitrogens with one attached hydrogen (secondary N) is 1. The molecule has 0 aliphatic carbocycles. The molecule has 0 spiro atoms. The van der Waals surface area contributed by atoms with Crippen LogP contribution < -0.4 is 10.2 Å². The minimum atomic E-state index is -1.33. The van der Waals surface area contributed by atoms with Crippen molar-refractivity contribution in [1.29, 1.82) is 0 Å². The number of carboxylic acid groups (broad SMARTS) is 1. The van der Waals surface area contributed by atoms with Gasteiger partial charge < -0.3 is 15.3 Å². The third-order valence-corrected chi connectivity index (χ3v) is 6.83. The van der Waals surface area contributed by atoms with E-state index >= 15 is 0 Å². The van der Waals surface area contributed by atoms with Crippen molar-refractivity contribution in [2.24, 2.45) is 0 Å². The summed E-state index contributed by atoms with van der Waals surface area (Å²) >= 11 is 18.7. The van der Waals surface area contributed by atoms with Gasteiger partial charge in [0.2, 0.25) is 0 Å². The Hall–Kier alpha value is -2.73. The molecule has 5 rings (SSSR count). The molecule has 1 amide bonds. The van der Waals surface area contributed by atoms with E-state index in [1.165, 1.54) is 0 Å². The molecular formula is C24H17Cl3N2O3. The van der Waals surface area contributed by atoms with Gasteiger partial charge in [0, 0.05) is 44.8 Å². The predicted molar refractivity (Wildman–Crippen MR) is 126 cm³/mol. The fourth-order valence-electron chi connectivity index (χ4n) is 4.84. The first-order valence-electron chi connectivity index (χ1n) is 9.96. The third kappa shape index (κ3) is 3.24. The van der Waals surface area contributed by atoms with Gasteiger partial charge in [-0.05, 0) is 47.5 Å². The number of carbonyl (C=O) groups excluding carboxylic acids is 1. The smallest absolute Gasteiger partial charge is 0.326 e. The number of rotatable bonds is 4. The van der Waals surface area contributed by atoms with Crippen LogP contribution in [0.2, 0.25) is 15.1 Å². The van der Waals surface area contributed by atoms with E-state index in [0.29, 0.717) is 32.0 Å². The summed E-state index contributed by atoms with van der Waals surface area (Å²) in [4.78, 5) is 27.8. The van der Waals surface area contributed by atoms with Crippen LogP contribution in [0.3, 0.4) is 0 Å². The zero-order valence-electron chi connectivity index (χ0n) is 16.6. The number of fused-ring (bicyclic) bond motifs is 2. The third-order valence-electron chi connectivity index (χ3n) is 6.13. The van der Waals surface area contributed by atoms with E-state index in [1.54, 1.807) is 47.4 Å². The lowest BCUT2D eigenvalue weighted by atomic mass is 9.82. The molecule has 2 atom stereocenters. The molecule has 0 aromatic heterocycles. The number of aliphatic carboxylic acids is 1. The van der Waals surface area contributed by atoms with E-state index in [0.717, 1.165) is 11.1 Å². The number of halogens is 3. The first-order chi connectivity index (χ1) is 15.3. The SMILES string of the molecule is O=C(O)C1Cc2ccc(Cl)cc2N1C1(Cc2cccc(Cl)c2)C(=O)Nc2cc(Cl)ccc21. The molecule has 0 bridgehead atoms. The summed E-state index contributed by atoms with van der Waals surface area (Å²) in [6.07, 6.45) is 0.471. The Morgan fingerprint density at radius 3 is 2.50 bits per heavy atom. The molecule has 0 saturated heterocycles. The van der Waals surface area contributed by atoms with E-state index < -0.39 is 17.6 Å².